The number of hydrogen-bond donors (Lipinski definition) is 1. The lowest BCUT2D eigenvalue weighted by Crippen LogP contribution is -2.45. The zero-order chi connectivity index (χ0) is 19.9. The molecule has 1 aliphatic rings. The molecule has 0 atom stereocenters. The highest BCUT2D eigenvalue weighted by atomic mass is 16.5. The number of guanidine groups is 1. The van der Waals surface area contributed by atoms with Crippen LogP contribution < -0.4 is 10.1 Å². The number of rotatable bonds is 7. The number of aromatic nitrogens is 3. The van der Waals surface area contributed by atoms with Crippen molar-refractivity contribution in [3.05, 3.63) is 41.5 Å². The Morgan fingerprint density at radius 3 is 2.57 bits per heavy atom. The number of aryl methyl sites for hydroxylation is 2. The molecule has 0 aliphatic heterocycles. The molecule has 7 heteroatoms. The van der Waals surface area contributed by atoms with Crippen LogP contribution in [0.4, 0.5) is 0 Å². The summed E-state index contributed by atoms with van der Waals surface area (Å²) in [5, 5.41) is 12.0. The third-order valence-corrected chi connectivity index (χ3v) is 5.32. The van der Waals surface area contributed by atoms with Crippen LogP contribution in [0.25, 0.3) is 0 Å². The van der Waals surface area contributed by atoms with Gasteiger partial charge < -0.3 is 19.5 Å². The highest BCUT2D eigenvalue weighted by molar-refractivity contribution is 5.80. The van der Waals surface area contributed by atoms with Gasteiger partial charge in [-0.05, 0) is 38.8 Å². The van der Waals surface area contributed by atoms with Crippen molar-refractivity contribution in [2.75, 3.05) is 20.2 Å². The first-order chi connectivity index (χ1) is 13.5. The van der Waals surface area contributed by atoms with E-state index in [0.29, 0.717) is 19.2 Å². The number of nitrogens with zero attached hydrogens (tertiary/aromatic N) is 5. The Kier molecular flexibility index (Phi) is 6.90. The van der Waals surface area contributed by atoms with Gasteiger partial charge in [0.2, 0.25) is 0 Å². The largest absolute Gasteiger partial charge is 0.492 e. The molecule has 1 aliphatic carbocycles. The van der Waals surface area contributed by atoms with Crippen molar-refractivity contribution in [3.8, 4) is 5.75 Å². The molecule has 2 aromatic rings. The van der Waals surface area contributed by atoms with E-state index in [9.17, 15) is 0 Å². The van der Waals surface area contributed by atoms with Crippen LogP contribution in [0.2, 0.25) is 0 Å². The average Bonchev–Trinajstić information content (AvgIpc) is 3.31. The van der Waals surface area contributed by atoms with Gasteiger partial charge in [0, 0.05) is 20.1 Å². The Bertz CT molecular complexity index is 777. The Morgan fingerprint density at radius 2 is 1.93 bits per heavy atom. The first-order valence-electron chi connectivity index (χ1n) is 10.1. The van der Waals surface area contributed by atoms with Crippen molar-refractivity contribution in [2.45, 2.75) is 52.1 Å². The normalized spacial score (nSPS) is 15.1. The first kappa shape index (κ1) is 20.2. The van der Waals surface area contributed by atoms with E-state index in [1.54, 1.807) is 0 Å². The molecular formula is C21H32N6O. The Balaban J connectivity index is 1.60. The number of nitrogens with one attached hydrogen (secondary N) is 1. The van der Waals surface area contributed by atoms with Gasteiger partial charge in [-0.15, -0.1) is 10.2 Å². The van der Waals surface area contributed by atoms with Crippen LogP contribution in [0.5, 0.6) is 5.75 Å². The maximum atomic E-state index is 5.89. The van der Waals surface area contributed by atoms with Crippen molar-refractivity contribution >= 4 is 5.96 Å². The van der Waals surface area contributed by atoms with Gasteiger partial charge in [-0.25, -0.2) is 4.99 Å². The van der Waals surface area contributed by atoms with Gasteiger partial charge in [0.05, 0.1) is 6.54 Å². The van der Waals surface area contributed by atoms with Gasteiger partial charge >= 0.3 is 0 Å². The number of aliphatic imine (C=N–C) groups is 1. The summed E-state index contributed by atoms with van der Waals surface area (Å²) in [5.41, 5.74) is 1.23. The molecule has 1 aromatic heterocycles. The van der Waals surface area contributed by atoms with Gasteiger partial charge in [0.15, 0.2) is 11.8 Å². The lowest BCUT2D eigenvalue weighted by atomic mass is 10.2. The van der Waals surface area contributed by atoms with E-state index >= 15 is 0 Å². The zero-order valence-corrected chi connectivity index (χ0v) is 17.5. The fraction of sp³-hybridized carbons (Fsp3) is 0.571. The van der Waals surface area contributed by atoms with Gasteiger partial charge in [-0.2, -0.15) is 0 Å². The second-order valence-electron chi connectivity index (χ2n) is 7.57. The van der Waals surface area contributed by atoms with Crippen molar-refractivity contribution in [1.82, 2.24) is 25.0 Å². The van der Waals surface area contributed by atoms with Crippen LogP contribution >= 0.6 is 0 Å². The summed E-state index contributed by atoms with van der Waals surface area (Å²) in [4.78, 5) is 6.96. The minimum Gasteiger partial charge on any atom is -0.492 e. The summed E-state index contributed by atoms with van der Waals surface area (Å²) in [5.74, 6) is 3.57. The van der Waals surface area contributed by atoms with Crippen LogP contribution in [0.3, 0.4) is 0 Å². The van der Waals surface area contributed by atoms with Crippen molar-refractivity contribution in [3.63, 3.8) is 0 Å². The predicted molar refractivity (Wildman–Crippen MR) is 112 cm³/mol. The topological polar surface area (TPSA) is 67.6 Å². The minimum absolute atomic E-state index is 0.500. The molecule has 1 aromatic carbocycles. The van der Waals surface area contributed by atoms with Crippen LogP contribution in [0, 0.1) is 13.8 Å². The molecule has 0 bridgehead atoms. The molecule has 0 spiro atoms. The molecular weight excluding hydrogens is 352 g/mol. The maximum absolute atomic E-state index is 5.89. The molecule has 152 valence electrons. The molecule has 1 N–H and O–H groups in total. The Morgan fingerprint density at radius 1 is 1.21 bits per heavy atom. The van der Waals surface area contributed by atoms with Crippen LogP contribution in [0.15, 0.2) is 29.3 Å². The average molecular weight is 385 g/mol. The van der Waals surface area contributed by atoms with Crippen LogP contribution in [0.1, 0.15) is 42.9 Å². The Hall–Kier alpha value is -2.57. The lowest BCUT2D eigenvalue weighted by Gasteiger charge is -2.25. The summed E-state index contributed by atoms with van der Waals surface area (Å²) in [6.07, 6.45) is 4.98. The fourth-order valence-corrected chi connectivity index (χ4v) is 3.30. The minimum atomic E-state index is 0.500. The zero-order valence-electron chi connectivity index (χ0n) is 17.5. The van der Waals surface area contributed by atoms with Gasteiger partial charge in [0.1, 0.15) is 24.7 Å². The molecule has 28 heavy (non-hydrogen) atoms. The highest BCUT2D eigenvalue weighted by Crippen LogP contribution is 2.18. The number of likely N-dealkylation sites (N-methyl/N-ethyl adjacent to an activating group) is 1. The van der Waals surface area contributed by atoms with E-state index in [1.165, 1.54) is 31.2 Å². The van der Waals surface area contributed by atoms with E-state index < -0.39 is 0 Å². The van der Waals surface area contributed by atoms with E-state index in [-0.39, 0.29) is 0 Å². The molecule has 1 saturated carbocycles. The first-order valence-corrected chi connectivity index (χ1v) is 10.1. The summed E-state index contributed by atoms with van der Waals surface area (Å²) in [7, 11) is 4.03. The van der Waals surface area contributed by atoms with E-state index in [0.717, 1.165) is 29.9 Å². The summed E-state index contributed by atoms with van der Waals surface area (Å²) >= 11 is 0. The molecule has 7 nitrogen and oxygen atoms in total. The Labute approximate surface area is 167 Å². The lowest BCUT2D eigenvalue weighted by molar-refractivity contribution is 0.280. The second-order valence-corrected chi connectivity index (χ2v) is 7.57. The molecule has 0 amide bonds. The van der Waals surface area contributed by atoms with Gasteiger partial charge in [0.25, 0.3) is 0 Å². The monoisotopic (exact) mass is 384 g/mol. The predicted octanol–water partition coefficient (Wildman–Crippen LogP) is 2.83. The summed E-state index contributed by atoms with van der Waals surface area (Å²) in [6, 6.07) is 8.66. The third-order valence-electron chi connectivity index (χ3n) is 5.32. The molecule has 0 radical (unpaired) electrons. The number of hydrogen-bond acceptors (Lipinski definition) is 4. The fourth-order valence-electron chi connectivity index (χ4n) is 3.30. The standard InChI is InChI=1S/C21H32N6O/c1-16-9-11-19(12-10-16)28-14-13-26(3)21(23-18-7-5-6-8-18)22-15-20-25-24-17(2)27(20)4/h9-12,18H,5-8,13-15H2,1-4H3,(H,22,23). The van der Waals surface area contributed by atoms with Crippen LogP contribution in [-0.2, 0) is 13.6 Å². The SMILES string of the molecule is Cc1ccc(OCCN(C)C(=NCc2nnc(C)n2C)NC2CCCC2)cc1. The van der Waals surface area contributed by atoms with E-state index in [2.05, 4.69) is 46.5 Å². The third kappa shape index (κ3) is 5.47. The quantitative estimate of drug-likeness (QED) is 0.587. The second kappa shape index (κ2) is 9.57. The van der Waals surface area contributed by atoms with E-state index in [1.807, 2.05) is 30.7 Å². The van der Waals surface area contributed by atoms with E-state index in [4.69, 9.17) is 9.73 Å². The van der Waals surface area contributed by atoms with Gasteiger partial charge in [-0.1, -0.05) is 30.5 Å². The van der Waals surface area contributed by atoms with Gasteiger partial charge in [-0.3, -0.25) is 0 Å². The van der Waals surface area contributed by atoms with Crippen molar-refractivity contribution < 1.29 is 4.74 Å². The number of ether oxygens (including phenoxy) is 1. The van der Waals surface area contributed by atoms with Crippen LogP contribution in [-0.4, -0.2) is 51.9 Å². The molecule has 0 unspecified atom stereocenters. The molecule has 3 rings (SSSR count). The number of benzene rings is 1. The summed E-state index contributed by atoms with van der Waals surface area (Å²) < 4.78 is 7.87. The molecule has 1 heterocycles. The van der Waals surface area contributed by atoms with Crippen molar-refractivity contribution in [1.29, 1.82) is 0 Å². The highest BCUT2D eigenvalue weighted by Gasteiger charge is 2.18. The summed E-state index contributed by atoms with van der Waals surface area (Å²) in [6.45, 7) is 5.90. The molecule has 0 saturated heterocycles. The van der Waals surface area contributed by atoms with Crippen molar-refractivity contribution in [2.24, 2.45) is 12.0 Å². The maximum Gasteiger partial charge on any atom is 0.194 e. The smallest absolute Gasteiger partial charge is 0.194 e. The molecule has 1 fully saturated rings.